The van der Waals surface area contributed by atoms with Crippen LogP contribution in [-0.4, -0.2) is 34.8 Å². The lowest BCUT2D eigenvalue weighted by atomic mass is 10.3. The summed E-state index contributed by atoms with van der Waals surface area (Å²) in [5, 5.41) is 12.3. The molecule has 1 aromatic heterocycles. The van der Waals surface area contributed by atoms with Crippen LogP contribution >= 0.6 is 0 Å². The van der Waals surface area contributed by atoms with Crippen LogP contribution in [0.2, 0.25) is 0 Å². The van der Waals surface area contributed by atoms with E-state index < -0.39 is 17.8 Å². The molecule has 0 aliphatic heterocycles. The van der Waals surface area contributed by atoms with E-state index in [-0.39, 0.29) is 31.0 Å². The second kappa shape index (κ2) is 8.09. The second-order valence-corrected chi connectivity index (χ2v) is 4.87. The van der Waals surface area contributed by atoms with Gasteiger partial charge in [0.1, 0.15) is 0 Å². The van der Waals surface area contributed by atoms with Gasteiger partial charge in [0.15, 0.2) is 18.2 Å². The van der Waals surface area contributed by atoms with E-state index in [1.807, 2.05) is 0 Å². The SMILES string of the molecule is O=C(COc1ccccc1F)NCC(O)Cn1ccccc1=O. The predicted molar refractivity (Wildman–Crippen MR) is 81.6 cm³/mol. The highest BCUT2D eigenvalue weighted by molar-refractivity contribution is 5.77. The van der Waals surface area contributed by atoms with Crippen LogP contribution in [0.15, 0.2) is 53.5 Å². The summed E-state index contributed by atoms with van der Waals surface area (Å²) in [6.45, 7) is -0.339. The Morgan fingerprint density at radius 3 is 2.74 bits per heavy atom. The number of para-hydroxylation sites is 1. The molecule has 0 aliphatic rings. The number of carbonyl (C=O) groups is 1. The van der Waals surface area contributed by atoms with Crippen molar-refractivity contribution in [3.05, 3.63) is 64.8 Å². The van der Waals surface area contributed by atoms with E-state index in [0.717, 1.165) is 0 Å². The monoisotopic (exact) mass is 320 g/mol. The van der Waals surface area contributed by atoms with Gasteiger partial charge in [0.05, 0.1) is 12.6 Å². The highest BCUT2D eigenvalue weighted by atomic mass is 19.1. The standard InChI is InChI=1S/C16H17FN2O4/c17-13-5-1-2-6-14(13)23-11-15(21)18-9-12(20)10-19-8-4-3-7-16(19)22/h1-8,12,20H,9-11H2,(H,18,21). The maximum atomic E-state index is 13.3. The Hall–Kier alpha value is -2.67. The summed E-state index contributed by atoms with van der Waals surface area (Å²) in [5.74, 6) is -1.06. The van der Waals surface area contributed by atoms with Crippen LogP contribution in [0.25, 0.3) is 0 Å². The highest BCUT2D eigenvalue weighted by Crippen LogP contribution is 2.14. The quantitative estimate of drug-likeness (QED) is 0.780. The van der Waals surface area contributed by atoms with Gasteiger partial charge in [-0.15, -0.1) is 0 Å². The molecule has 0 fully saturated rings. The number of rotatable bonds is 7. The van der Waals surface area contributed by atoms with Crippen LogP contribution in [0.3, 0.4) is 0 Å². The number of aliphatic hydroxyl groups excluding tert-OH is 1. The number of ether oxygens (including phenoxy) is 1. The summed E-state index contributed by atoms with van der Waals surface area (Å²) in [4.78, 5) is 23.1. The van der Waals surface area contributed by atoms with Crippen LogP contribution < -0.4 is 15.6 Å². The molecule has 0 saturated heterocycles. The van der Waals surface area contributed by atoms with Gasteiger partial charge >= 0.3 is 0 Å². The van der Waals surface area contributed by atoms with E-state index in [0.29, 0.717) is 0 Å². The number of halogens is 1. The molecule has 7 heteroatoms. The molecule has 1 atom stereocenters. The predicted octanol–water partition coefficient (Wildman–Crippen LogP) is 0.543. The van der Waals surface area contributed by atoms with E-state index in [1.54, 1.807) is 24.4 Å². The zero-order valence-electron chi connectivity index (χ0n) is 12.3. The van der Waals surface area contributed by atoms with Gasteiger partial charge in [0.25, 0.3) is 11.5 Å². The van der Waals surface area contributed by atoms with Crippen molar-refractivity contribution in [1.82, 2.24) is 9.88 Å². The first kappa shape index (κ1) is 16.7. The third-order valence-electron chi connectivity index (χ3n) is 3.04. The minimum Gasteiger partial charge on any atom is -0.481 e. The first-order valence-electron chi connectivity index (χ1n) is 7.04. The molecule has 1 unspecified atom stereocenters. The third kappa shape index (κ3) is 5.23. The van der Waals surface area contributed by atoms with Gasteiger partial charge < -0.3 is 19.7 Å². The van der Waals surface area contributed by atoms with Crippen molar-refractivity contribution >= 4 is 5.91 Å². The smallest absolute Gasteiger partial charge is 0.258 e. The van der Waals surface area contributed by atoms with Crippen molar-refractivity contribution in [1.29, 1.82) is 0 Å². The second-order valence-electron chi connectivity index (χ2n) is 4.87. The van der Waals surface area contributed by atoms with Crippen molar-refractivity contribution < 1.29 is 19.0 Å². The maximum absolute atomic E-state index is 13.3. The zero-order valence-corrected chi connectivity index (χ0v) is 12.3. The Labute approximate surface area is 132 Å². The number of nitrogens with zero attached hydrogens (tertiary/aromatic N) is 1. The first-order valence-corrected chi connectivity index (χ1v) is 7.04. The number of nitrogens with one attached hydrogen (secondary N) is 1. The van der Waals surface area contributed by atoms with Crippen LogP contribution in [0.4, 0.5) is 4.39 Å². The molecule has 6 nitrogen and oxygen atoms in total. The molecular formula is C16H17FN2O4. The lowest BCUT2D eigenvalue weighted by molar-refractivity contribution is -0.123. The highest BCUT2D eigenvalue weighted by Gasteiger charge is 2.10. The Kier molecular flexibility index (Phi) is 5.87. The number of amides is 1. The van der Waals surface area contributed by atoms with Gasteiger partial charge in [-0.2, -0.15) is 0 Å². The average Bonchev–Trinajstić information content (AvgIpc) is 2.54. The van der Waals surface area contributed by atoms with E-state index in [2.05, 4.69) is 5.32 Å². The summed E-state index contributed by atoms with van der Waals surface area (Å²) >= 11 is 0. The molecule has 2 N–H and O–H groups in total. The number of carbonyl (C=O) groups excluding carboxylic acids is 1. The minimum atomic E-state index is -0.924. The normalized spacial score (nSPS) is 11.7. The van der Waals surface area contributed by atoms with Gasteiger partial charge in [-0.05, 0) is 18.2 Å². The number of aliphatic hydroxyl groups is 1. The fourth-order valence-electron chi connectivity index (χ4n) is 1.89. The molecular weight excluding hydrogens is 303 g/mol. The van der Waals surface area contributed by atoms with E-state index >= 15 is 0 Å². The fourth-order valence-corrected chi connectivity index (χ4v) is 1.89. The summed E-state index contributed by atoms with van der Waals surface area (Å²) in [6, 6.07) is 10.4. The first-order chi connectivity index (χ1) is 11.1. The number of pyridine rings is 1. The van der Waals surface area contributed by atoms with E-state index in [1.165, 1.54) is 28.8 Å². The Balaban J connectivity index is 1.75. The topological polar surface area (TPSA) is 80.6 Å². The molecule has 2 aromatic rings. The van der Waals surface area contributed by atoms with Crippen molar-refractivity contribution in [2.45, 2.75) is 12.6 Å². The fraction of sp³-hybridized carbons (Fsp3) is 0.250. The summed E-state index contributed by atoms with van der Waals surface area (Å²) in [5.41, 5.74) is -0.235. The van der Waals surface area contributed by atoms with Gasteiger partial charge in [-0.1, -0.05) is 18.2 Å². The molecule has 0 radical (unpaired) electrons. The molecule has 0 saturated carbocycles. The molecule has 1 aromatic carbocycles. The van der Waals surface area contributed by atoms with Crippen LogP contribution in [0.1, 0.15) is 0 Å². The van der Waals surface area contributed by atoms with Crippen LogP contribution in [-0.2, 0) is 11.3 Å². The van der Waals surface area contributed by atoms with Gasteiger partial charge in [-0.3, -0.25) is 9.59 Å². The molecule has 1 amide bonds. The zero-order chi connectivity index (χ0) is 16.7. The maximum Gasteiger partial charge on any atom is 0.258 e. The molecule has 2 rings (SSSR count). The van der Waals surface area contributed by atoms with Crippen molar-refractivity contribution in [3.63, 3.8) is 0 Å². The van der Waals surface area contributed by atoms with E-state index in [4.69, 9.17) is 4.74 Å². The number of hydrogen-bond acceptors (Lipinski definition) is 4. The van der Waals surface area contributed by atoms with Gasteiger partial charge in [0.2, 0.25) is 0 Å². The minimum absolute atomic E-state index is 0.0148. The molecule has 122 valence electrons. The third-order valence-corrected chi connectivity index (χ3v) is 3.04. The van der Waals surface area contributed by atoms with Gasteiger partial charge in [0, 0.05) is 18.8 Å². The Bertz CT molecular complexity index is 717. The summed E-state index contributed by atoms with van der Waals surface area (Å²) in [6.07, 6.45) is 0.627. The van der Waals surface area contributed by atoms with Crippen molar-refractivity contribution in [2.24, 2.45) is 0 Å². The molecule has 0 aliphatic carbocycles. The number of benzene rings is 1. The van der Waals surface area contributed by atoms with Crippen molar-refractivity contribution in [2.75, 3.05) is 13.2 Å². The summed E-state index contributed by atoms with van der Waals surface area (Å²) < 4.78 is 19.7. The Morgan fingerprint density at radius 1 is 1.26 bits per heavy atom. The number of aromatic nitrogens is 1. The lowest BCUT2D eigenvalue weighted by Gasteiger charge is -2.13. The van der Waals surface area contributed by atoms with E-state index in [9.17, 15) is 19.1 Å². The molecule has 23 heavy (non-hydrogen) atoms. The summed E-state index contributed by atoms with van der Waals surface area (Å²) in [7, 11) is 0. The average molecular weight is 320 g/mol. The number of hydrogen-bond donors (Lipinski definition) is 2. The lowest BCUT2D eigenvalue weighted by Crippen LogP contribution is -2.38. The van der Waals surface area contributed by atoms with Crippen LogP contribution in [0, 0.1) is 5.82 Å². The van der Waals surface area contributed by atoms with Gasteiger partial charge in [-0.25, -0.2) is 4.39 Å². The molecule has 1 heterocycles. The van der Waals surface area contributed by atoms with Crippen LogP contribution in [0.5, 0.6) is 5.75 Å². The molecule has 0 spiro atoms. The largest absolute Gasteiger partial charge is 0.481 e. The molecule has 0 bridgehead atoms. The Morgan fingerprint density at radius 2 is 2.00 bits per heavy atom. The van der Waals surface area contributed by atoms with Crippen molar-refractivity contribution in [3.8, 4) is 5.75 Å².